The van der Waals surface area contributed by atoms with Gasteiger partial charge in [-0.15, -0.1) is 0 Å². The molecule has 3 aromatic rings. The number of nitrogens with zero attached hydrogens (tertiary/aromatic N) is 3. The molecule has 160 valence electrons. The van der Waals surface area contributed by atoms with E-state index in [2.05, 4.69) is 41.9 Å². The lowest BCUT2D eigenvalue weighted by molar-refractivity contribution is 0.0594. The quantitative estimate of drug-likeness (QED) is 0.600. The van der Waals surface area contributed by atoms with Crippen LogP contribution in [0.25, 0.3) is 11.3 Å². The summed E-state index contributed by atoms with van der Waals surface area (Å²) in [6.45, 7) is 6.94. The van der Waals surface area contributed by atoms with E-state index in [4.69, 9.17) is 9.15 Å². The summed E-state index contributed by atoms with van der Waals surface area (Å²) in [6, 6.07) is 13.5. The summed E-state index contributed by atoms with van der Waals surface area (Å²) in [5.74, 6) is -0.457. The second kappa shape index (κ2) is 8.63. The maximum absolute atomic E-state index is 13.4. The molecule has 31 heavy (non-hydrogen) atoms. The van der Waals surface area contributed by atoms with Crippen LogP contribution in [0.5, 0.6) is 0 Å². The zero-order chi connectivity index (χ0) is 22.0. The van der Waals surface area contributed by atoms with Gasteiger partial charge in [0.15, 0.2) is 17.8 Å². The number of benzene rings is 2. The molecule has 1 aromatic heterocycles. The van der Waals surface area contributed by atoms with Crippen molar-refractivity contribution in [2.45, 2.75) is 13.8 Å². The number of rotatable bonds is 4. The summed E-state index contributed by atoms with van der Waals surface area (Å²) in [5.41, 5.74) is 4.74. The number of anilines is 1. The number of esters is 1. The molecule has 0 spiro atoms. The highest BCUT2D eigenvalue weighted by atomic mass is 16.5. The molecule has 4 rings (SSSR count). The molecule has 0 radical (unpaired) electrons. The van der Waals surface area contributed by atoms with Crippen LogP contribution in [0.15, 0.2) is 53.3 Å². The van der Waals surface area contributed by atoms with Crippen LogP contribution in [-0.4, -0.2) is 55.0 Å². The van der Waals surface area contributed by atoms with Crippen molar-refractivity contribution in [3.8, 4) is 11.3 Å². The first-order valence-electron chi connectivity index (χ1n) is 10.2. The fourth-order valence-corrected chi connectivity index (χ4v) is 3.93. The number of piperazine rings is 1. The molecule has 1 amide bonds. The van der Waals surface area contributed by atoms with Crippen molar-refractivity contribution in [2.24, 2.45) is 0 Å². The number of carbonyl (C=O) groups excluding carboxylic acids is 2. The van der Waals surface area contributed by atoms with Gasteiger partial charge in [0, 0.05) is 37.4 Å². The third-order valence-electron chi connectivity index (χ3n) is 5.62. The Kier molecular flexibility index (Phi) is 5.75. The van der Waals surface area contributed by atoms with Gasteiger partial charge in [0.25, 0.3) is 5.91 Å². The lowest BCUT2D eigenvalue weighted by atomic mass is 10.0. The zero-order valence-corrected chi connectivity index (χ0v) is 17.9. The van der Waals surface area contributed by atoms with Crippen molar-refractivity contribution >= 4 is 17.6 Å². The summed E-state index contributed by atoms with van der Waals surface area (Å²) in [6.07, 6.45) is 1.19. The number of aryl methyl sites for hydroxylation is 2. The van der Waals surface area contributed by atoms with Gasteiger partial charge in [-0.2, -0.15) is 0 Å². The Labute approximate surface area is 181 Å². The highest BCUT2D eigenvalue weighted by Crippen LogP contribution is 2.29. The highest BCUT2D eigenvalue weighted by Gasteiger charge is 2.27. The summed E-state index contributed by atoms with van der Waals surface area (Å²) < 4.78 is 10.2. The Morgan fingerprint density at radius 3 is 2.52 bits per heavy atom. The van der Waals surface area contributed by atoms with Gasteiger partial charge in [-0.05, 0) is 37.1 Å². The third-order valence-corrected chi connectivity index (χ3v) is 5.62. The van der Waals surface area contributed by atoms with Gasteiger partial charge in [-0.25, -0.2) is 9.78 Å². The highest BCUT2D eigenvalue weighted by molar-refractivity contribution is 6.03. The second-order valence-electron chi connectivity index (χ2n) is 7.64. The van der Waals surface area contributed by atoms with Gasteiger partial charge >= 0.3 is 5.97 Å². The minimum Gasteiger partial charge on any atom is -0.464 e. The zero-order valence-electron chi connectivity index (χ0n) is 17.9. The molecule has 1 aliphatic heterocycles. The Bertz CT molecular complexity index is 1110. The van der Waals surface area contributed by atoms with Crippen LogP contribution in [0.2, 0.25) is 0 Å². The average Bonchev–Trinajstić information content (AvgIpc) is 3.29. The van der Waals surface area contributed by atoms with E-state index in [0.717, 1.165) is 13.1 Å². The van der Waals surface area contributed by atoms with Crippen LogP contribution < -0.4 is 4.90 Å². The van der Waals surface area contributed by atoms with Crippen molar-refractivity contribution in [3.63, 3.8) is 0 Å². The monoisotopic (exact) mass is 419 g/mol. The molecule has 7 nitrogen and oxygen atoms in total. The molecule has 0 unspecified atom stereocenters. The van der Waals surface area contributed by atoms with E-state index in [1.165, 1.54) is 30.3 Å². The van der Waals surface area contributed by atoms with Crippen LogP contribution in [0.4, 0.5) is 5.69 Å². The molecule has 0 bridgehead atoms. The van der Waals surface area contributed by atoms with Crippen LogP contribution in [-0.2, 0) is 4.74 Å². The van der Waals surface area contributed by atoms with Crippen molar-refractivity contribution in [2.75, 3.05) is 38.2 Å². The van der Waals surface area contributed by atoms with E-state index in [0.29, 0.717) is 24.2 Å². The summed E-state index contributed by atoms with van der Waals surface area (Å²) in [5, 5.41) is 0. The predicted molar refractivity (Wildman–Crippen MR) is 117 cm³/mol. The Morgan fingerprint density at radius 1 is 1.03 bits per heavy atom. The summed E-state index contributed by atoms with van der Waals surface area (Å²) in [4.78, 5) is 33.5. The van der Waals surface area contributed by atoms with Crippen molar-refractivity contribution in [1.82, 2.24) is 9.88 Å². The first kappa shape index (κ1) is 20.7. The molecule has 2 heterocycles. The Balaban J connectivity index is 1.55. The Hall–Kier alpha value is -3.61. The van der Waals surface area contributed by atoms with Crippen LogP contribution >= 0.6 is 0 Å². The molecule has 1 fully saturated rings. The molecule has 0 atom stereocenters. The molecular weight excluding hydrogens is 394 g/mol. The van der Waals surface area contributed by atoms with Crippen molar-refractivity contribution in [3.05, 3.63) is 71.2 Å². The van der Waals surface area contributed by atoms with Gasteiger partial charge < -0.3 is 19.0 Å². The topological polar surface area (TPSA) is 75.9 Å². The van der Waals surface area contributed by atoms with Gasteiger partial charge in [-0.1, -0.05) is 30.3 Å². The lowest BCUT2D eigenvalue weighted by Crippen LogP contribution is -2.49. The fourth-order valence-electron chi connectivity index (χ4n) is 3.93. The smallest absolute Gasteiger partial charge is 0.360 e. The fraction of sp³-hybridized carbons (Fsp3) is 0.292. The number of methoxy groups -OCH3 is 1. The number of ether oxygens (including phenoxy) is 1. The number of oxazole rings is 1. The standard InChI is InChI=1S/C24H25N3O4/c1-16-8-9-17(2)20(14-16)26-10-12-27(13-11-26)23(28)19-7-5-4-6-18(19)22-21(24(29)30-3)25-15-31-22/h4-9,14-15H,10-13H2,1-3H3. The molecule has 2 aromatic carbocycles. The van der Waals surface area contributed by atoms with E-state index < -0.39 is 5.97 Å². The lowest BCUT2D eigenvalue weighted by Gasteiger charge is -2.37. The summed E-state index contributed by atoms with van der Waals surface area (Å²) in [7, 11) is 1.28. The van der Waals surface area contributed by atoms with E-state index in [1.54, 1.807) is 24.3 Å². The molecule has 1 aliphatic rings. The number of carbonyl (C=O) groups is 2. The number of hydrogen-bond donors (Lipinski definition) is 0. The molecule has 0 saturated carbocycles. The van der Waals surface area contributed by atoms with Crippen LogP contribution in [0, 0.1) is 13.8 Å². The van der Waals surface area contributed by atoms with Crippen molar-refractivity contribution in [1.29, 1.82) is 0 Å². The molecule has 1 saturated heterocycles. The molecule has 0 aliphatic carbocycles. The minimum atomic E-state index is -0.604. The number of aromatic nitrogens is 1. The maximum atomic E-state index is 13.4. The molecular formula is C24H25N3O4. The van der Waals surface area contributed by atoms with E-state index >= 15 is 0 Å². The van der Waals surface area contributed by atoms with Gasteiger partial charge in [0.2, 0.25) is 0 Å². The van der Waals surface area contributed by atoms with E-state index in [1.807, 2.05) is 4.90 Å². The van der Waals surface area contributed by atoms with Gasteiger partial charge in [0.05, 0.1) is 12.7 Å². The predicted octanol–water partition coefficient (Wildman–Crippen LogP) is 3.71. The SMILES string of the molecule is COC(=O)c1ncoc1-c1ccccc1C(=O)N1CCN(c2cc(C)ccc2C)CC1. The summed E-state index contributed by atoms with van der Waals surface area (Å²) >= 11 is 0. The molecule has 7 heteroatoms. The average molecular weight is 419 g/mol. The normalized spacial score (nSPS) is 13.9. The minimum absolute atomic E-state index is 0.0579. The molecule has 0 N–H and O–H groups in total. The first-order valence-corrected chi connectivity index (χ1v) is 10.2. The first-order chi connectivity index (χ1) is 15.0. The van der Waals surface area contributed by atoms with Crippen molar-refractivity contribution < 1.29 is 18.7 Å². The van der Waals surface area contributed by atoms with Crippen LogP contribution in [0.3, 0.4) is 0 Å². The maximum Gasteiger partial charge on any atom is 0.360 e. The van der Waals surface area contributed by atoms with E-state index in [-0.39, 0.29) is 17.4 Å². The van der Waals surface area contributed by atoms with Gasteiger partial charge in [0.1, 0.15) is 0 Å². The Morgan fingerprint density at radius 2 is 1.77 bits per heavy atom. The largest absolute Gasteiger partial charge is 0.464 e. The van der Waals surface area contributed by atoms with E-state index in [9.17, 15) is 9.59 Å². The second-order valence-corrected chi connectivity index (χ2v) is 7.64. The third kappa shape index (κ3) is 4.03. The number of amides is 1. The number of hydrogen-bond acceptors (Lipinski definition) is 6. The van der Waals surface area contributed by atoms with Crippen LogP contribution in [0.1, 0.15) is 32.0 Å². The van der Waals surface area contributed by atoms with Gasteiger partial charge in [-0.3, -0.25) is 4.79 Å².